The van der Waals surface area contributed by atoms with Crippen LogP contribution >= 0.6 is 11.3 Å². The summed E-state index contributed by atoms with van der Waals surface area (Å²) in [7, 11) is 0. The lowest BCUT2D eigenvalue weighted by atomic mass is 9.77. The molecule has 0 radical (unpaired) electrons. The predicted octanol–water partition coefficient (Wildman–Crippen LogP) is 2.66. The first kappa shape index (κ1) is 19.1. The largest absolute Gasteiger partial charge is 0.365 e. The Morgan fingerprint density at radius 3 is 2.46 bits per heavy atom. The maximum absolute atomic E-state index is 12.6. The lowest BCUT2D eigenvalue weighted by molar-refractivity contribution is -0.138. The third kappa shape index (κ3) is 3.34. The van der Waals surface area contributed by atoms with Crippen molar-refractivity contribution in [1.29, 1.82) is 0 Å². The van der Waals surface area contributed by atoms with E-state index >= 15 is 0 Å². The molecule has 2 aromatic heterocycles. The molecule has 2 aliphatic heterocycles. The van der Waals surface area contributed by atoms with Gasteiger partial charge < -0.3 is 15.5 Å². The summed E-state index contributed by atoms with van der Waals surface area (Å²) in [6, 6.07) is 1.74. The van der Waals surface area contributed by atoms with Crippen LogP contribution in [0.25, 0.3) is 10.2 Å². The molecule has 2 saturated heterocycles. The molecule has 7 nitrogen and oxygen atoms in total. The Kier molecular flexibility index (Phi) is 4.56. The van der Waals surface area contributed by atoms with Gasteiger partial charge in [0.15, 0.2) is 0 Å². The summed E-state index contributed by atoms with van der Waals surface area (Å²) in [6.07, 6.45) is 4.71. The van der Waals surface area contributed by atoms with Gasteiger partial charge in [-0.3, -0.25) is 9.59 Å². The third-order valence-electron chi connectivity index (χ3n) is 6.03. The summed E-state index contributed by atoms with van der Waals surface area (Å²) in [5.74, 6) is 0.709. The number of anilines is 1. The average Bonchev–Trinajstić information content (AvgIpc) is 3.26. The van der Waals surface area contributed by atoms with Crippen molar-refractivity contribution in [3.63, 3.8) is 0 Å². The van der Waals surface area contributed by atoms with E-state index in [-0.39, 0.29) is 16.7 Å². The first-order valence-electron chi connectivity index (χ1n) is 9.77. The number of primary amides is 1. The minimum atomic E-state index is -0.430. The molecule has 4 rings (SSSR count). The van der Waals surface area contributed by atoms with Crippen LogP contribution in [0.15, 0.2) is 12.4 Å². The summed E-state index contributed by atoms with van der Waals surface area (Å²) in [5, 5.41) is 0. The van der Waals surface area contributed by atoms with E-state index in [1.165, 1.54) is 11.3 Å². The van der Waals surface area contributed by atoms with E-state index in [2.05, 4.69) is 19.8 Å². The number of thiophene rings is 1. The molecule has 0 atom stereocenters. The van der Waals surface area contributed by atoms with Crippen LogP contribution in [0.3, 0.4) is 0 Å². The Morgan fingerprint density at radius 2 is 1.82 bits per heavy atom. The minimum Gasteiger partial charge on any atom is -0.365 e. The van der Waals surface area contributed by atoms with Crippen LogP contribution in [0, 0.1) is 10.8 Å². The van der Waals surface area contributed by atoms with Gasteiger partial charge in [-0.15, -0.1) is 11.3 Å². The normalized spacial score (nSPS) is 19.5. The van der Waals surface area contributed by atoms with Crippen molar-refractivity contribution in [2.45, 2.75) is 40.0 Å². The molecule has 0 aliphatic carbocycles. The highest BCUT2D eigenvalue weighted by Gasteiger charge is 2.44. The molecule has 28 heavy (non-hydrogen) atoms. The van der Waals surface area contributed by atoms with E-state index in [0.29, 0.717) is 4.88 Å². The summed E-state index contributed by atoms with van der Waals surface area (Å²) in [4.78, 5) is 37.8. The molecule has 0 saturated carbocycles. The number of piperidine rings is 1. The number of aromatic nitrogens is 2. The van der Waals surface area contributed by atoms with Gasteiger partial charge in [-0.05, 0) is 30.7 Å². The Hall–Kier alpha value is -2.22. The number of nitrogens with zero attached hydrogens (tertiary/aromatic N) is 4. The van der Waals surface area contributed by atoms with E-state index < -0.39 is 5.91 Å². The highest BCUT2D eigenvalue weighted by Crippen LogP contribution is 2.43. The summed E-state index contributed by atoms with van der Waals surface area (Å²) in [5.41, 5.74) is 6.10. The molecular weight excluding hydrogens is 374 g/mol. The number of amides is 2. The second kappa shape index (κ2) is 6.69. The Balaban J connectivity index is 1.49. The molecule has 8 heteroatoms. The molecule has 2 amide bonds. The molecule has 0 bridgehead atoms. The van der Waals surface area contributed by atoms with Crippen LogP contribution in [0.4, 0.5) is 5.82 Å². The number of fused-ring (bicyclic) bond motifs is 1. The highest BCUT2D eigenvalue weighted by atomic mass is 32.1. The van der Waals surface area contributed by atoms with Gasteiger partial charge in [-0.2, -0.15) is 0 Å². The molecule has 2 fully saturated rings. The summed E-state index contributed by atoms with van der Waals surface area (Å²) >= 11 is 1.36. The van der Waals surface area contributed by atoms with Crippen molar-refractivity contribution in [2.75, 3.05) is 31.1 Å². The zero-order chi connectivity index (χ0) is 20.1. The zero-order valence-corrected chi connectivity index (χ0v) is 17.5. The van der Waals surface area contributed by atoms with Crippen molar-refractivity contribution in [2.24, 2.45) is 16.6 Å². The quantitative estimate of drug-likeness (QED) is 0.835. The van der Waals surface area contributed by atoms with E-state index in [1.54, 1.807) is 12.4 Å². The topological polar surface area (TPSA) is 92.4 Å². The molecule has 2 aliphatic rings. The standard InChI is InChI=1S/C20H27N5O2S/c1-19(2,3)18(27)25-9-6-20(11-25)4-7-24(8-5-20)17-15-13(22-12-23-17)10-14(28-15)16(21)26/h10,12H,4-9,11H2,1-3H3,(H2,21,26). The monoisotopic (exact) mass is 401 g/mol. The van der Waals surface area contributed by atoms with Gasteiger partial charge in [-0.1, -0.05) is 20.8 Å². The van der Waals surface area contributed by atoms with Crippen LogP contribution in [0.5, 0.6) is 0 Å². The number of hydrogen-bond acceptors (Lipinski definition) is 6. The Bertz CT molecular complexity index is 924. The van der Waals surface area contributed by atoms with Crippen molar-refractivity contribution in [3.8, 4) is 0 Å². The maximum Gasteiger partial charge on any atom is 0.258 e. The van der Waals surface area contributed by atoms with Gasteiger partial charge in [0.1, 0.15) is 12.1 Å². The van der Waals surface area contributed by atoms with Crippen LogP contribution in [0.2, 0.25) is 0 Å². The predicted molar refractivity (Wildman–Crippen MR) is 110 cm³/mol. The second-order valence-electron chi connectivity index (χ2n) is 9.10. The van der Waals surface area contributed by atoms with E-state index in [0.717, 1.165) is 61.5 Å². The van der Waals surface area contributed by atoms with Crippen LogP contribution in [-0.4, -0.2) is 52.9 Å². The summed E-state index contributed by atoms with van der Waals surface area (Å²) < 4.78 is 0.920. The fourth-order valence-electron chi connectivity index (χ4n) is 4.37. The number of likely N-dealkylation sites (tertiary alicyclic amines) is 1. The molecule has 2 aromatic rings. The van der Waals surface area contributed by atoms with Crippen molar-refractivity contribution >= 4 is 39.2 Å². The van der Waals surface area contributed by atoms with Crippen LogP contribution in [0.1, 0.15) is 49.7 Å². The maximum atomic E-state index is 12.6. The van der Waals surface area contributed by atoms with Crippen molar-refractivity contribution in [1.82, 2.24) is 14.9 Å². The smallest absolute Gasteiger partial charge is 0.258 e. The number of carbonyl (C=O) groups excluding carboxylic acids is 2. The van der Waals surface area contributed by atoms with Crippen LogP contribution in [-0.2, 0) is 4.79 Å². The van der Waals surface area contributed by atoms with Gasteiger partial charge in [0.25, 0.3) is 5.91 Å². The highest BCUT2D eigenvalue weighted by molar-refractivity contribution is 7.21. The van der Waals surface area contributed by atoms with Gasteiger partial charge in [-0.25, -0.2) is 9.97 Å². The van der Waals surface area contributed by atoms with Gasteiger partial charge in [0.05, 0.1) is 15.1 Å². The fraction of sp³-hybridized carbons (Fsp3) is 0.600. The first-order valence-corrected chi connectivity index (χ1v) is 10.6. The van der Waals surface area contributed by atoms with Crippen LogP contribution < -0.4 is 10.6 Å². The van der Waals surface area contributed by atoms with E-state index in [9.17, 15) is 9.59 Å². The lowest BCUT2D eigenvalue weighted by Crippen LogP contribution is -2.44. The Morgan fingerprint density at radius 1 is 1.14 bits per heavy atom. The minimum absolute atomic E-state index is 0.220. The molecule has 4 heterocycles. The fourth-order valence-corrected chi connectivity index (χ4v) is 5.35. The molecule has 0 unspecified atom stereocenters. The molecular formula is C20H27N5O2S. The zero-order valence-electron chi connectivity index (χ0n) is 16.7. The summed E-state index contributed by atoms with van der Waals surface area (Å²) in [6.45, 7) is 9.49. The van der Waals surface area contributed by atoms with E-state index in [1.807, 2.05) is 20.8 Å². The lowest BCUT2D eigenvalue weighted by Gasteiger charge is -2.40. The first-order chi connectivity index (χ1) is 13.2. The SMILES string of the molecule is CC(C)(C)C(=O)N1CCC2(CCN(c3ncnc4cc(C(N)=O)sc34)CC2)C1. The van der Waals surface area contributed by atoms with Gasteiger partial charge in [0.2, 0.25) is 5.91 Å². The number of carbonyl (C=O) groups is 2. The molecule has 150 valence electrons. The van der Waals surface area contributed by atoms with Gasteiger partial charge >= 0.3 is 0 Å². The molecule has 0 aromatic carbocycles. The second-order valence-corrected chi connectivity index (χ2v) is 10.2. The van der Waals surface area contributed by atoms with Crippen molar-refractivity contribution in [3.05, 3.63) is 17.3 Å². The van der Waals surface area contributed by atoms with Crippen molar-refractivity contribution < 1.29 is 9.59 Å². The third-order valence-corrected chi connectivity index (χ3v) is 7.16. The average molecular weight is 402 g/mol. The Labute approximate surface area is 168 Å². The molecule has 1 spiro atoms. The number of rotatable bonds is 2. The van der Waals surface area contributed by atoms with Gasteiger partial charge in [0, 0.05) is 31.6 Å². The molecule has 2 N–H and O–H groups in total. The van der Waals surface area contributed by atoms with E-state index in [4.69, 9.17) is 5.73 Å². The number of hydrogen-bond donors (Lipinski definition) is 1. The number of nitrogens with two attached hydrogens (primary N) is 1.